The van der Waals surface area contributed by atoms with Crippen molar-refractivity contribution in [3.8, 4) is 16.9 Å². The molecule has 0 radical (unpaired) electrons. The number of ether oxygens (including phenoxy) is 1. The zero-order chi connectivity index (χ0) is 17.9. The van der Waals surface area contributed by atoms with Crippen molar-refractivity contribution in [2.75, 3.05) is 11.5 Å². The topological polar surface area (TPSA) is 87.0 Å². The summed E-state index contributed by atoms with van der Waals surface area (Å²) in [6.45, 7) is 8.39. The van der Waals surface area contributed by atoms with E-state index in [1.165, 1.54) is 16.7 Å². The van der Waals surface area contributed by atoms with Crippen LogP contribution < -0.4 is 16.2 Å². The van der Waals surface area contributed by atoms with Crippen LogP contribution >= 0.6 is 0 Å². The molecule has 2 heterocycles. The van der Waals surface area contributed by atoms with Crippen molar-refractivity contribution in [2.24, 2.45) is 0 Å². The second-order valence-electron chi connectivity index (χ2n) is 7.43. The lowest BCUT2D eigenvalue weighted by atomic mass is 9.89. The fourth-order valence-electron chi connectivity index (χ4n) is 3.79. The van der Waals surface area contributed by atoms with Crippen LogP contribution in [-0.2, 0) is 6.42 Å². The van der Waals surface area contributed by atoms with Crippen LogP contribution in [0.4, 0.5) is 11.8 Å². The van der Waals surface area contributed by atoms with Crippen molar-refractivity contribution in [1.82, 2.24) is 9.97 Å². The average Bonchev–Trinajstić information content (AvgIpc) is 2.80. The Morgan fingerprint density at radius 1 is 1.04 bits per heavy atom. The van der Waals surface area contributed by atoms with Gasteiger partial charge in [-0.05, 0) is 62.1 Å². The number of anilines is 2. The van der Waals surface area contributed by atoms with E-state index in [0.29, 0.717) is 5.82 Å². The quantitative estimate of drug-likeness (QED) is 0.707. The SMILES string of the molecule is Cc1cc2c(c(-c3ccc4nc(N)nc(N)c4c3C)c1)CC(C)(C)O2. The summed E-state index contributed by atoms with van der Waals surface area (Å²) in [6, 6.07) is 8.37. The van der Waals surface area contributed by atoms with Gasteiger partial charge in [0, 0.05) is 17.4 Å². The molecule has 5 nitrogen and oxygen atoms in total. The molecule has 0 spiro atoms. The fourth-order valence-corrected chi connectivity index (χ4v) is 3.79. The maximum absolute atomic E-state index is 6.14. The van der Waals surface area contributed by atoms with E-state index >= 15 is 0 Å². The summed E-state index contributed by atoms with van der Waals surface area (Å²) in [4.78, 5) is 8.44. The second-order valence-corrected chi connectivity index (χ2v) is 7.43. The highest BCUT2D eigenvalue weighted by atomic mass is 16.5. The molecule has 0 saturated carbocycles. The Bertz CT molecular complexity index is 1020. The minimum absolute atomic E-state index is 0.188. The fraction of sp³-hybridized carbons (Fsp3) is 0.300. The van der Waals surface area contributed by atoms with E-state index in [2.05, 4.69) is 55.9 Å². The first-order chi connectivity index (χ1) is 11.7. The Kier molecular flexibility index (Phi) is 3.19. The number of aromatic nitrogens is 2. The Morgan fingerprint density at radius 2 is 1.80 bits per heavy atom. The summed E-state index contributed by atoms with van der Waals surface area (Å²) in [7, 11) is 0. The molecule has 0 fully saturated rings. The van der Waals surface area contributed by atoms with Crippen LogP contribution in [0.2, 0.25) is 0 Å². The van der Waals surface area contributed by atoms with Crippen molar-refractivity contribution < 1.29 is 4.74 Å². The molecule has 2 aromatic carbocycles. The van der Waals surface area contributed by atoms with E-state index in [1.807, 2.05) is 6.07 Å². The van der Waals surface area contributed by atoms with E-state index in [4.69, 9.17) is 16.2 Å². The van der Waals surface area contributed by atoms with Gasteiger partial charge in [-0.15, -0.1) is 0 Å². The molecular weight excluding hydrogens is 312 g/mol. The first-order valence-corrected chi connectivity index (χ1v) is 8.40. The lowest BCUT2D eigenvalue weighted by Gasteiger charge is -2.16. The van der Waals surface area contributed by atoms with Crippen LogP contribution in [0.1, 0.15) is 30.5 Å². The van der Waals surface area contributed by atoms with E-state index in [0.717, 1.165) is 34.2 Å². The van der Waals surface area contributed by atoms with Gasteiger partial charge in [-0.25, -0.2) is 4.98 Å². The van der Waals surface area contributed by atoms with Crippen molar-refractivity contribution in [2.45, 2.75) is 39.7 Å². The van der Waals surface area contributed by atoms with E-state index in [-0.39, 0.29) is 11.5 Å². The lowest BCUT2D eigenvalue weighted by molar-refractivity contribution is 0.138. The van der Waals surface area contributed by atoms with Gasteiger partial charge in [0.1, 0.15) is 17.2 Å². The molecule has 1 aliphatic rings. The first kappa shape index (κ1) is 15.7. The van der Waals surface area contributed by atoms with Crippen LogP contribution in [0.15, 0.2) is 24.3 Å². The maximum Gasteiger partial charge on any atom is 0.222 e. The number of hydrogen-bond acceptors (Lipinski definition) is 5. The Labute approximate surface area is 147 Å². The predicted octanol–water partition coefficient (Wildman–Crippen LogP) is 3.79. The highest BCUT2D eigenvalue weighted by molar-refractivity contribution is 5.97. The molecule has 0 saturated heterocycles. The van der Waals surface area contributed by atoms with Crippen LogP contribution in [0, 0.1) is 13.8 Å². The van der Waals surface area contributed by atoms with Crippen molar-refractivity contribution in [1.29, 1.82) is 0 Å². The van der Waals surface area contributed by atoms with Crippen molar-refractivity contribution in [3.05, 3.63) is 41.0 Å². The largest absolute Gasteiger partial charge is 0.487 e. The number of aryl methyl sites for hydroxylation is 2. The number of nitrogens with two attached hydrogens (primary N) is 2. The Hall–Kier alpha value is -2.82. The van der Waals surface area contributed by atoms with E-state index in [9.17, 15) is 0 Å². The number of nitrogens with zero attached hydrogens (tertiary/aromatic N) is 2. The summed E-state index contributed by atoms with van der Waals surface area (Å²) >= 11 is 0. The Balaban J connectivity index is 2.00. The van der Waals surface area contributed by atoms with Crippen LogP contribution in [0.3, 0.4) is 0 Å². The molecule has 0 unspecified atom stereocenters. The molecule has 1 aromatic heterocycles. The van der Waals surface area contributed by atoms with Crippen LogP contribution in [0.25, 0.3) is 22.0 Å². The molecule has 0 aliphatic carbocycles. The normalized spacial score (nSPS) is 15.2. The standard InChI is InChI=1S/C20H22N4O/c1-10-7-13(14-9-20(3,4)25-16(14)8-10)12-5-6-15-17(11(12)2)18(21)24-19(22)23-15/h5-8H,9H2,1-4H3,(H4,21,22,23,24). The number of hydrogen-bond donors (Lipinski definition) is 2. The zero-order valence-corrected chi connectivity index (χ0v) is 15.0. The highest BCUT2D eigenvalue weighted by Gasteiger charge is 2.32. The van der Waals surface area contributed by atoms with Crippen LogP contribution in [-0.4, -0.2) is 15.6 Å². The molecule has 0 atom stereocenters. The molecule has 25 heavy (non-hydrogen) atoms. The van der Waals surface area contributed by atoms with Gasteiger partial charge in [0.05, 0.1) is 5.52 Å². The van der Waals surface area contributed by atoms with E-state index in [1.54, 1.807) is 0 Å². The summed E-state index contributed by atoms with van der Waals surface area (Å²) < 4.78 is 6.14. The molecule has 0 amide bonds. The molecule has 0 bridgehead atoms. The molecule has 4 N–H and O–H groups in total. The number of benzene rings is 2. The highest BCUT2D eigenvalue weighted by Crippen LogP contribution is 2.43. The summed E-state index contributed by atoms with van der Waals surface area (Å²) in [6.07, 6.45) is 0.878. The van der Waals surface area contributed by atoms with Crippen molar-refractivity contribution >= 4 is 22.7 Å². The van der Waals surface area contributed by atoms with Gasteiger partial charge < -0.3 is 16.2 Å². The first-order valence-electron chi connectivity index (χ1n) is 8.40. The van der Waals surface area contributed by atoms with Gasteiger partial charge >= 0.3 is 0 Å². The summed E-state index contributed by atoms with van der Waals surface area (Å²) in [5.41, 5.74) is 18.2. The van der Waals surface area contributed by atoms with Gasteiger partial charge in [0.25, 0.3) is 0 Å². The third-order valence-electron chi connectivity index (χ3n) is 4.80. The third kappa shape index (κ3) is 2.47. The van der Waals surface area contributed by atoms with Gasteiger partial charge in [-0.2, -0.15) is 4.98 Å². The molecule has 128 valence electrons. The van der Waals surface area contributed by atoms with Gasteiger partial charge in [0.15, 0.2) is 0 Å². The van der Waals surface area contributed by atoms with Gasteiger partial charge in [-0.1, -0.05) is 12.1 Å². The molecule has 1 aliphatic heterocycles. The number of fused-ring (bicyclic) bond motifs is 2. The maximum atomic E-state index is 6.14. The predicted molar refractivity (Wildman–Crippen MR) is 102 cm³/mol. The van der Waals surface area contributed by atoms with Crippen molar-refractivity contribution in [3.63, 3.8) is 0 Å². The molecule has 3 aromatic rings. The third-order valence-corrected chi connectivity index (χ3v) is 4.80. The lowest BCUT2D eigenvalue weighted by Crippen LogP contribution is -2.24. The van der Waals surface area contributed by atoms with Gasteiger partial charge in [0.2, 0.25) is 5.95 Å². The molecule has 5 heteroatoms. The monoisotopic (exact) mass is 334 g/mol. The molecule has 4 rings (SSSR count). The average molecular weight is 334 g/mol. The number of rotatable bonds is 1. The smallest absolute Gasteiger partial charge is 0.222 e. The van der Waals surface area contributed by atoms with Crippen LogP contribution in [0.5, 0.6) is 5.75 Å². The summed E-state index contributed by atoms with van der Waals surface area (Å²) in [5.74, 6) is 1.59. The van der Waals surface area contributed by atoms with Gasteiger partial charge in [-0.3, -0.25) is 0 Å². The minimum atomic E-state index is -0.188. The minimum Gasteiger partial charge on any atom is -0.487 e. The Morgan fingerprint density at radius 3 is 2.56 bits per heavy atom. The second kappa shape index (κ2) is 5.09. The zero-order valence-electron chi connectivity index (χ0n) is 15.0. The number of nitrogen functional groups attached to an aromatic ring is 2. The van der Waals surface area contributed by atoms with E-state index < -0.39 is 0 Å². The molecular formula is C20H22N4O. The summed E-state index contributed by atoms with van der Waals surface area (Å²) in [5, 5.41) is 0.861.